The lowest BCUT2D eigenvalue weighted by molar-refractivity contribution is 0.0279. The minimum atomic E-state index is 0.235. The SMILES string of the molecule is CCOC(CN1CCCCC1)c1ccccc1. The maximum atomic E-state index is 5.89. The summed E-state index contributed by atoms with van der Waals surface area (Å²) in [6.07, 6.45) is 4.31. The van der Waals surface area contributed by atoms with E-state index in [1.54, 1.807) is 0 Å². The van der Waals surface area contributed by atoms with E-state index in [-0.39, 0.29) is 6.10 Å². The highest BCUT2D eigenvalue weighted by Gasteiger charge is 2.17. The molecule has 2 rings (SSSR count). The van der Waals surface area contributed by atoms with Crippen LogP contribution in [-0.4, -0.2) is 31.1 Å². The molecule has 0 aliphatic carbocycles. The van der Waals surface area contributed by atoms with E-state index in [4.69, 9.17) is 4.74 Å². The van der Waals surface area contributed by atoms with Crippen molar-refractivity contribution < 1.29 is 4.74 Å². The first-order valence-corrected chi connectivity index (χ1v) is 6.79. The van der Waals surface area contributed by atoms with Crippen LogP contribution < -0.4 is 0 Å². The van der Waals surface area contributed by atoms with Crippen molar-refractivity contribution >= 4 is 0 Å². The van der Waals surface area contributed by atoms with Crippen LogP contribution in [0.2, 0.25) is 0 Å². The molecule has 1 saturated heterocycles. The minimum Gasteiger partial charge on any atom is -0.372 e. The molecule has 0 N–H and O–H groups in total. The number of nitrogens with zero attached hydrogens (tertiary/aromatic N) is 1. The van der Waals surface area contributed by atoms with Crippen LogP contribution in [0.5, 0.6) is 0 Å². The molecule has 1 atom stereocenters. The van der Waals surface area contributed by atoms with Crippen LogP contribution in [0.4, 0.5) is 0 Å². The molecular weight excluding hydrogens is 210 g/mol. The van der Waals surface area contributed by atoms with Crippen molar-refractivity contribution in [3.8, 4) is 0 Å². The Morgan fingerprint density at radius 3 is 2.47 bits per heavy atom. The maximum Gasteiger partial charge on any atom is 0.0951 e. The fourth-order valence-corrected chi connectivity index (χ4v) is 2.50. The molecule has 0 aromatic heterocycles. The van der Waals surface area contributed by atoms with E-state index in [0.717, 1.165) is 13.2 Å². The number of likely N-dealkylation sites (tertiary alicyclic amines) is 1. The number of benzene rings is 1. The highest BCUT2D eigenvalue weighted by atomic mass is 16.5. The Labute approximate surface area is 105 Å². The average molecular weight is 233 g/mol. The Hall–Kier alpha value is -0.860. The highest BCUT2D eigenvalue weighted by molar-refractivity contribution is 5.18. The van der Waals surface area contributed by atoms with E-state index in [9.17, 15) is 0 Å². The van der Waals surface area contributed by atoms with E-state index < -0.39 is 0 Å². The van der Waals surface area contributed by atoms with E-state index in [2.05, 4.69) is 42.2 Å². The smallest absolute Gasteiger partial charge is 0.0951 e. The second kappa shape index (κ2) is 6.77. The molecule has 0 bridgehead atoms. The Morgan fingerprint density at radius 2 is 1.82 bits per heavy atom. The summed E-state index contributed by atoms with van der Waals surface area (Å²) in [5.41, 5.74) is 1.31. The first-order valence-electron chi connectivity index (χ1n) is 6.79. The van der Waals surface area contributed by atoms with Crippen LogP contribution in [-0.2, 0) is 4.74 Å². The van der Waals surface area contributed by atoms with E-state index >= 15 is 0 Å². The Bertz CT molecular complexity index is 306. The van der Waals surface area contributed by atoms with Gasteiger partial charge in [0.25, 0.3) is 0 Å². The van der Waals surface area contributed by atoms with Crippen LogP contribution in [0.15, 0.2) is 30.3 Å². The number of ether oxygens (including phenoxy) is 1. The molecule has 0 radical (unpaired) electrons. The summed E-state index contributed by atoms with van der Waals surface area (Å²) in [6, 6.07) is 10.6. The summed E-state index contributed by atoms with van der Waals surface area (Å²) in [5, 5.41) is 0. The normalized spacial score (nSPS) is 19.1. The van der Waals surface area contributed by atoms with Gasteiger partial charge in [-0.3, -0.25) is 0 Å². The molecule has 1 aromatic carbocycles. The summed E-state index contributed by atoms with van der Waals surface area (Å²) in [6.45, 7) is 6.37. The Balaban J connectivity index is 1.96. The summed E-state index contributed by atoms with van der Waals surface area (Å²) < 4.78 is 5.89. The van der Waals surface area contributed by atoms with Crippen molar-refractivity contribution in [2.24, 2.45) is 0 Å². The molecule has 1 unspecified atom stereocenters. The molecule has 94 valence electrons. The van der Waals surface area contributed by atoms with Gasteiger partial charge in [0.05, 0.1) is 6.10 Å². The van der Waals surface area contributed by atoms with Gasteiger partial charge in [0, 0.05) is 13.2 Å². The zero-order valence-electron chi connectivity index (χ0n) is 10.8. The molecule has 0 spiro atoms. The largest absolute Gasteiger partial charge is 0.372 e. The summed E-state index contributed by atoms with van der Waals surface area (Å²) >= 11 is 0. The van der Waals surface area contributed by atoms with Crippen molar-refractivity contribution in [3.63, 3.8) is 0 Å². The summed E-state index contributed by atoms with van der Waals surface area (Å²) in [7, 11) is 0. The summed E-state index contributed by atoms with van der Waals surface area (Å²) in [5.74, 6) is 0. The Morgan fingerprint density at radius 1 is 1.12 bits per heavy atom. The molecule has 1 aromatic rings. The van der Waals surface area contributed by atoms with Crippen molar-refractivity contribution in [2.75, 3.05) is 26.2 Å². The lowest BCUT2D eigenvalue weighted by Gasteiger charge is -2.30. The second-order valence-electron chi connectivity index (χ2n) is 4.72. The summed E-state index contributed by atoms with van der Waals surface area (Å²) in [4.78, 5) is 2.54. The molecule has 1 fully saturated rings. The molecule has 1 aliphatic rings. The van der Waals surface area contributed by atoms with Gasteiger partial charge in [-0.2, -0.15) is 0 Å². The zero-order chi connectivity index (χ0) is 11.9. The van der Waals surface area contributed by atoms with Crippen molar-refractivity contribution in [3.05, 3.63) is 35.9 Å². The van der Waals surface area contributed by atoms with E-state index in [1.165, 1.54) is 37.9 Å². The van der Waals surface area contributed by atoms with Crippen LogP contribution >= 0.6 is 0 Å². The van der Waals surface area contributed by atoms with Crippen LogP contribution in [0, 0.1) is 0 Å². The van der Waals surface area contributed by atoms with Crippen molar-refractivity contribution in [2.45, 2.75) is 32.3 Å². The van der Waals surface area contributed by atoms with Gasteiger partial charge in [0.1, 0.15) is 0 Å². The van der Waals surface area contributed by atoms with Gasteiger partial charge >= 0.3 is 0 Å². The molecule has 2 nitrogen and oxygen atoms in total. The number of hydrogen-bond donors (Lipinski definition) is 0. The van der Waals surface area contributed by atoms with Crippen molar-refractivity contribution in [1.29, 1.82) is 0 Å². The van der Waals surface area contributed by atoms with Crippen molar-refractivity contribution in [1.82, 2.24) is 4.90 Å². The number of rotatable bonds is 5. The van der Waals surface area contributed by atoms with E-state index in [1.807, 2.05) is 0 Å². The third-order valence-electron chi connectivity index (χ3n) is 3.41. The first kappa shape index (κ1) is 12.6. The fourth-order valence-electron chi connectivity index (χ4n) is 2.50. The average Bonchev–Trinajstić information content (AvgIpc) is 2.40. The standard InChI is InChI=1S/C15H23NO/c1-2-17-15(14-9-5-3-6-10-14)13-16-11-7-4-8-12-16/h3,5-6,9-10,15H,2,4,7-8,11-13H2,1H3. The third kappa shape index (κ3) is 3.83. The lowest BCUT2D eigenvalue weighted by atomic mass is 10.1. The second-order valence-corrected chi connectivity index (χ2v) is 4.72. The number of piperidine rings is 1. The van der Waals surface area contributed by atoms with Crippen LogP contribution in [0.3, 0.4) is 0 Å². The molecule has 0 saturated carbocycles. The van der Waals surface area contributed by atoms with Gasteiger partial charge in [0.15, 0.2) is 0 Å². The van der Waals surface area contributed by atoms with Gasteiger partial charge in [-0.1, -0.05) is 36.8 Å². The predicted octanol–water partition coefficient (Wildman–Crippen LogP) is 3.25. The zero-order valence-corrected chi connectivity index (χ0v) is 10.8. The quantitative estimate of drug-likeness (QED) is 0.774. The lowest BCUT2D eigenvalue weighted by Crippen LogP contribution is -2.34. The molecule has 1 aliphatic heterocycles. The van der Waals surface area contributed by atoms with Gasteiger partial charge in [-0.25, -0.2) is 0 Å². The monoisotopic (exact) mass is 233 g/mol. The minimum absolute atomic E-state index is 0.235. The maximum absolute atomic E-state index is 5.89. The molecule has 17 heavy (non-hydrogen) atoms. The first-order chi connectivity index (χ1) is 8.40. The molecule has 2 heteroatoms. The van der Waals surface area contributed by atoms with Crippen LogP contribution in [0.1, 0.15) is 37.9 Å². The van der Waals surface area contributed by atoms with Gasteiger partial charge in [-0.15, -0.1) is 0 Å². The fraction of sp³-hybridized carbons (Fsp3) is 0.600. The number of hydrogen-bond acceptors (Lipinski definition) is 2. The van der Waals surface area contributed by atoms with Crippen LogP contribution in [0.25, 0.3) is 0 Å². The Kier molecular flexibility index (Phi) is 5.02. The molecule has 0 amide bonds. The van der Waals surface area contributed by atoms with E-state index in [0.29, 0.717) is 0 Å². The van der Waals surface area contributed by atoms with Gasteiger partial charge < -0.3 is 9.64 Å². The third-order valence-corrected chi connectivity index (χ3v) is 3.41. The highest BCUT2D eigenvalue weighted by Crippen LogP contribution is 2.20. The molecular formula is C15H23NO. The molecule has 1 heterocycles. The van der Waals surface area contributed by atoms with Gasteiger partial charge in [-0.05, 0) is 38.4 Å². The topological polar surface area (TPSA) is 12.5 Å². The van der Waals surface area contributed by atoms with Gasteiger partial charge in [0.2, 0.25) is 0 Å². The predicted molar refractivity (Wildman–Crippen MR) is 71.1 cm³/mol.